The standard InChI is InChI=1S/C12H15FN2S/c1-12(2,16-3)8-15-10-5-4-9(7-14)11(13)6-10/h4-6,15H,8H2,1-3H3. The Morgan fingerprint density at radius 3 is 2.69 bits per heavy atom. The smallest absolute Gasteiger partial charge is 0.143 e. The van der Waals surface area contributed by atoms with Gasteiger partial charge in [-0.1, -0.05) is 0 Å². The highest BCUT2D eigenvalue weighted by atomic mass is 32.2. The quantitative estimate of drug-likeness (QED) is 0.874. The minimum atomic E-state index is -0.477. The Morgan fingerprint density at radius 1 is 1.50 bits per heavy atom. The Morgan fingerprint density at radius 2 is 2.19 bits per heavy atom. The zero-order chi connectivity index (χ0) is 12.2. The molecule has 1 rings (SSSR count). The van der Waals surface area contributed by atoms with Gasteiger partial charge in [0.1, 0.15) is 11.9 Å². The number of halogens is 1. The van der Waals surface area contributed by atoms with Crippen LogP contribution in [-0.4, -0.2) is 17.5 Å². The number of nitriles is 1. The maximum Gasteiger partial charge on any atom is 0.143 e. The fraction of sp³-hybridized carbons (Fsp3) is 0.417. The summed E-state index contributed by atoms with van der Waals surface area (Å²) in [6.07, 6.45) is 2.04. The molecule has 2 nitrogen and oxygen atoms in total. The maximum absolute atomic E-state index is 13.3. The maximum atomic E-state index is 13.3. The van der Waals surface area contributed by atoms with Crippen LogP contribution in [0, 0.1) is 17.1 Å². The summed E-state index contributed by atoms with van der Waals surface area (Å²) in [5, 5.41) is 11.8. The van der Waals surface area contributed by atoms with Gasteiger partial charge in [-0.3, -0.25) is 0 Å². The summed E-state index contributed by atoms with van der Waals surface area (Å²) in [6, 6.07) is 6.37. The fourth-order valence-corrected chi connectivity index (χ4v) is 1.32. The van der Waals surface area contributed by atoms with Crippen molar-refractivity contribution in [2.45, 2.75) is 18.6 Å². The number of rotatable bonds is 4. The molecule has 0 aromatic heterocycles. The van der Waals surface area contributed by atoms with Gasteiger partial charge in [-0.25, -0.2) is 4.39 Å². The van der Waals surface area contributed by atoms with Gasteiger partial charge < -0.3 is 5.32 Å². The number of anilines is 1. The second kappa shape index (κ2) is 5.22. The molecule has 0 spiro atoms. The molecule has 0 aliphatic carbocycles. The minimum absolute atomic E-state index is 0.0784. The van der Waals surface area contributed by atoms with Gasteiger partial charge >= 0.3 is 0 Å². The van der Waals surface area contributed by atoms with Crippen LogP contribution in [0.15, 0.2) is 18.2 Å². The van der Waals surface area contributed by atoms with Crippen molar-refractivity contribution in [3.05, 3.63) is 29.6 Å². The first-order valence-electron chi connectivity index (χ1n) is 4.97. The molecule has 0 atom stereocenters. The zero-order valence-corrected chi connectivity index (χ0v) is 10.5. The first kappa shape index (κ1) is 12.9. The Labute approximate surface area is 99.9 Å². The van der Waals surface area contributed by atoms with Crippen LogP contribution in [-0.2, 0) is 0 Å². The molecule has 0 fully saturated rings. The zero-order valence-electron chi connectivity index (χ0n) is 9.67. The van der Waals surface area contributed by atoms with Crippen molar-refractivity contribution >= 4 is 17.4 Å². The average molecular weight is 238 g/mol. The predicted molar refractivity (Wildman–Crippen MR) is 67.2 cm³/mol. The topological polar surface area (TPSA) is 35.8 Å². The summed E-state index contributed by atoms with van der Waals surface area (Å²) in [5.41, 5.74) is 0.785. The van der Waals surface area contributed by atoms with E-state index in [9.17, 15) is 4.39 Å². The first-order chi connectivity index (χ1) is 7.48. The van der Waals surface area contributed by atoms with Gasteiger partial charge in [0, 0.05) is 17.0 Å². The van der Waals surface area contributed by atoms with E-state index in [1.54, 1.807) is 23.9 Å². The van der Waals surface area contributed by atoms with E-state index >= 15 is 0 Å². The normalized spacial score (nSPS) is 10.9. The van der Waals surface area contributed by atoms with Crippen LogP contribution in [0.5, 0.6) is 0 Å². The molecule has 0 amide bonds. The highest BCUT2D eigenvalue weighted by molar-refractivity contribution is 7.99. The molecule has 0 bridgehead atoms. The van der Waals surface area contributed by atoms with Gasteiger partial charge in [0.25, 0.3) is 0 Å². The first-order valence-corrected chi connectivity index (χ1v) is 6.19. The lowest BCUT2D eigenvalue weighted by Crippen LogP contribution is -2.25. The molecule has 0 saturated carbocycles. The molecule has 0 saturated heterocycles. The predicted octanol–water partition coefficient (Wildman–Crippen LogP) is 3.25. The third-order valence-electron chi connectivity index (χ3n) is 2.36. The molecular weight excluding hydrogens is 223 g/mol. The molecule has 0 heterocycles. The number of thioether (sulfide) groups is 1. The lowest BCUT2D eigenvalue weighted by Gasteiger charge is -2.22. The van der Waals surface area contributed by atoms with Crippen LogP contribution in [0.2, 0.25) is 0 Å². The van der Waals surface area contributed by atoms with E-state index < -0.39 is 5.82 Å². The second-order valence-corrected chi connectivity index (χ2v) is 5.64. The number of hydrogen-bond acceptors (Lipinski definition) is 3. The molecule has 0 aliphatic rings. The molecular formula is C12H15FN2S. The molecule has 1 aromatic carbocycles. The fourth-order valence-electron chi connectivity index (χ4n) is 1.10. The molecule has 4 heteroatoms. The summed E-state index contributed by atoms with van der Waals surface area (Å²) in [4.78, 5) is 0. The van der Waals surface area contributed by atoms with E-state index in [2.05, 4.69) is 19.2 Å². The molecule has 86 valence electrons. The van der Waals surface area contributed by atoms with Crippen molar-refractivity contribution < 1.29 is 4.39 Å². The van der Waals surface area contributed by atoms with Gasteiger partial charge in [-0.2, -0.15) is 17.0 Å². The Balaban J connectivity index is 2.70. The number of nitrogens with one attached hydrogen (secondary N) is 1. The van der Waals surface area contributed by atoms with Crippen LogP contribution in [0.4, 0.5) is 10.1 Å². The monoisotopic (exact) mass is 238 g/mol. The van der Waals surface area contributed by atoms with Gasteiger partial charge in [0.15, 0.2) is 0 Å². The lowest BCUT2D eigenvalue weighted by molar-refractivity contribution is 0.624. The number of hydrogen-bond donors (Lipinski definition) is 1. The van der Waals surface area contributed by atoms with E-state index in [-0.39, 0.29) is 10.3 Å². The highest BCUT2D eigenvalue weighted by Gasteiger charge is 2.15. The van der Waals surface area contributed by atoms with Crippen molar-refractivity contribution in [2.75, 3.05) is 18.1 Å². The molecule has 0 unspecified atom stereocenters. The van der Waals surface area contributed by atoms with Gasteiger partial charge in [0.05, 0.1) is 5.56 Å². The van der Waals surface area contributed by atoms with Gasteiger partial charge in [-0.05, 0) is 38.3 Å². The number of nitrogens with zero attached hydrogens (tertiary/aromatic N) is 1. The molecule has 1 aromatic rings. The van der Waals surface area contributed by atoms with Crippen LogP contribution >= 0.6 is 11.8 Å². The summed E-state index contributed by atoms with van der Waals surface area (Å²) in [7, 11) is 0. The molecule has 0 radical (unpaired) electrons. The number of benzene rings is 1. The van der Waals surface area contributed by atoms with E-state index in [1.807, 2.05) is 6.26 Å². The van der Waals surface area contributed by atoms with E-state index in [1.165, 1.54) is 12.1 Å². The highest BCUT2D eigenvalue weighted by Crippen LogP contribution is 2.22. The van der Waals surface area contributed by atoms with E-state index in [0.29, 0.717) is 5.69 Å². The van der Waals surface area contributed by atoms with Crippen molar-refractivity contribution in [3.8, 4) is 6.07 Å². The summed E-state index contributed by atoms with van der Waals surface area (Å²) in [5.74, 6) is -0.477. The third-order valence-corrected chi connectivity index (χ3v) is 3.61. The Bertz CT molecular complexity index is 410. The SMILES string of the molecule is CSC(C)(C)CNc1ccc(C#N)c(F)c1. The molecule has 1 N–H and O–H groups in total. The van der Waals surface area contributed by atoms with Crippen molar-refractivity contribution in [3.63, 3.8) is 0 Å². The molecule has 0 aliphatic heterocycles. The third kappa shape index (κ3) is 3.42. The summed E-state index contributed by atoms with van der Waals surface area (Å²) >= 11 is 1.75. The van der Waals surface area contributed by atoms with Crippen molar-refractivity contribution in [1.29, 1.82) is 5.26 Å². The summed E-state index contributed by atoms with van der Waals surface area (Å²) < 4.78 is 13.4. The Kier molecular flexibility index (Phi) is 4.19. The van der Waals surface area contributed by atoms with E-state index in [0.717, 1.165) is 6.54 Å². The average Bonchev–Trinajstić information content (AvgIpc) is 2.27. The minimum Gasteiger partial charge on any atom is -0.384 e. The van der Waals surface area contributed by atoms with Crippen molar-refractivity contribution in [1.82, 2.24) is 0 Å². The largest absolute Gasteiger partial charge is 0.384 e. The van der Waals surface area contributed by atoms with Crippen LogP contribution in [0.25, 0.3) is 0 Å². The van der Waals surface area contributed by atoms with Gasteiger partial charge in [0.2, 0.25) is 0 Å². The van der Waals surface area contributed by atoms with Crippen LogP contribution in [0.1, 0.15) is 19.4 Å². The second-order valence-electron chi connectivity index (χ2n) is 4.12. The molecule has 16 heavy (non-hydrogen) atoms. The van der Waals surface area contributed by atoms with Crippen molar-refractivity contribution in [2.24, 2.45) is 0 Å². The van der Waals surface area contributed by atoms with Gasteiger partial charge in [-0.15, -0.1) is 0 Å². The summed E-state index contributed by atoms with van der Waals surface area (Å²) in [6.45, 7) is 4.98. The van der Waals surface area contributed by atoms with Crippen LogP contribution < -0.4 is 5.32 Å². The lowest BCUT2D eigenvalue weighted by atomic mass is 10.2. The van der Waals surface area contributed by atoms with Crippen LogP contribution in [0.3, 0.4) is 0 Å². The Hall–Kier alpha value is -1.21. The van der Waals surface area contributed by atoms with E-state index in [4.69, 9.17) is 5.26 Å².